The van der Waals surface area contributed by atoms with Crippen molar-refractivity contribution in [1.82, 2.24) is 5.32 Å². The predicted octanol–water partition coefficient (Wildman–Crippen LogP) is 5.77. The molecule has 0 heterocycles. The van der Waals surface area contributed by atoms with Gasteiger partial charge in [-0.1, -0.05) is 23.8 Å². The lowest BCUT2D eigenvalue weighted by Gasteiger charge is -2.26. The smallest absolute Gasteiger partial charge is 0.408 e. The van der Waals surface area contributed by atoms with Gasteiger partial charge in [-0.3, -0.25) is 4.79 Å². The second-order valence-electron chi connectivity index (χ2n) is 8.71. The number of hydrogen-bond donors (Lipinski definition) is 2. The van der Waals surface area contributed by atoms with Crippen LogP contribution >= 0.6 is 0 Å². The highest BCUT2D eigenvalue weighted by molar-refractivity contribution is 5.76. The number of carbonyl (C=O) groups excluding carboxylic acids is 1. The normalized spacial score (nSPS) is 12.4. The first-order chi connectivity index (χ1) is 13.8. The zero-order chi connectivity index (χ0) is 22.8. The topological polar surface area (TPSA) is 75.6 Å². The van der Waals surface area contributed by atoms with Crippen molar-refractivity contribution in [3.63, 3.8) is 0 Å². The molecule has 2 rings (SSSR count). The number of ether oxygens (including phenoxy) is 1. The second kappa shape index (κ2) is 8.86. The second-order valence-corrected chi connectivity index (χ2v) is 8.71. The van der Waals surface area contributed by atoms with Gasteiger partial charge in [-0.15, -0.1) is 0 Å². The number of hydrogen-bond acceptors (Lipinski definition) is 3. The summed E-state index contributed by atoms with van der Waals surface area (Å²) in [4.78, 5) is 23.8. The molecule has 0 spiro atoms. The summed E-state index contributed by atoms with van der Waals surface area (Å²) in [5, 5.41) is 11.9. The van der Waals surface area contributed by atoms with E-state index in [0.29, 0.717) is 11.1 Å². The summed E-state index contributed by atoms with van der Waals surface area (Å²) < 4.78 is 20.5. The van der Waals surface area contributed by atoms with Crippen molar-refractivity contribution in [3.8, 4) is 11.1 Å². The van der Waals surface area contributed by atoms with E-state index in [1.807, 2.05) is 32.0 Å². The number of rotatable bonds is 5. The minimum Gasteiger partial charge on any atom is -0.481 e. The summed E-state index contributed by atoms with van der Waals surface area (Å²) in [6, 6.07) is 6.72. The zero-order valence-electron chi connectivity index (χ0n) is 18.6. The molecular weight excluding hydrogens is 385 g/mol. The van der Waals surface area contributed by atoms with Crippen molar-refractivity contribution in [1.29, 1.82) is 0 Å². The molecule has 1 unspecified atom stereocenters. The Kier molecular flexibility index (Phi) is 6.91. The van der Waals surface area contributed by atoms with E-state index in [0.717, 1.165) is 22.3 Å². The third kappa shape index (κ3) is 5.59. The van der Waals surface area contributed by atoms with Crippen molar-refractivity contribution >= 4 is 12.1 Å². The first-order valence-electron chi connectivity index (χ1n) is 9.88. The molecule has 1 atom stereocenters. The summed E-state index contributed by atoms with van der Waals surface area (Å²) in [5.74, 6) is -1.67. The third-order valence-corrected chi connectivity index (χ3v) is 4.85. The lowest BCUT2D eigenvalue weighted by Crippen LogP contribution is -2.36. The molecule has 5 nitrogen and oxygen atoms in total. The van der Waals surface area contributed by atoms with Crippen LogP contribution in [0.15, 0.2) is 24.3 Å². The Morgan fingerprint density at radius 2 is 1.70 bits per heavy atom. The van der Waals surface area contributed by atoms with E-state index < -0.39 is 35.9 Å². The Morgan fingerprint density at radius 1 is 1.07 bits per heavy atom. The van der Waals surface area contributed by atoms with Gasteiger partial charge < -0.3 is 15.2 Å². The van der Waals surface area contributed by atoms with Crippen molar-refractivity contribution in [2.24, 2.45) is 0 Å². The highest BCUT2D eigenvalue weighted by Gasteiger charge is 2.28. The maximum atomic E-state index is 15.2. The highest BCUT2D eigenvalue weighted by atomic mass is 19.1. The van der Waals surface area contributed by atoms with E-state index >= 15 is 4.39 Å². The van der Waals surface area contributed by atoms with E-state index in [1.165, 1.54) is 0 Å². The average Bonchev–Trinajstić information content (AvgIpc) is 2.58. The number of alkyl carbamates (subject to hydrolysis) is 1. The molecule has 162 valence electrons. The zero-order valence-corrected chi connectivity index (χ0v) is 18.6. The van der Waals surface area contributed by atoms with Crippen LogP contribution < -0.4 is 5.32 Å². The number of halogens is 1. The van der Waals surface area contributed by atoms with Gasteiger partial charge in [0.2, 0.25) is 0 Å². The fourth-order valence-corrected chi connectivity index (χ4v) is 3.48. The molecule has 2 aromatic rings. The van der Waals surface area contributed by atoms with Crippen LogP contribution in [0.5, 0.6) is 0 Å². The Balaban J connectivity index is 2.63. The number of aliphatic carboxylic acids is 1. The van der Waals surface area contributed by atoms with E-state index in [9.17, 15) is 14.7 Å². The van der Waals surface area contributed by atoms with Crippen LogP contribution in [0.1, 0.15) is 61.1 Å². The Bertz CT molecular complexity index is 976. The van der Waals surface area contributed by atoms with Crippen LogP contribution in [0, 0.1) is 33.5 Å². The maximum Gasteiger partial charge on any atom is 0.408 e. The first-order valence-corrected chi connectivity index (χ1v) is 9.88. The first kappa shape index (κ1) is 23.4. The summed E-state index contributed by atoms with van der Waals surface area (Å²) in [7, 11) is 0. The van der Waals surface area contributed by atoms with Crippen LogP contribution in [0.2, 0.25) is 0 Å². The van der Waals surface area contributed by atoms with Gasteiger partial charge in [0, 0.05) is 5.56 Å². The fraction of sp³-hybridized carbons (Fsp3) is 0.417. The van der Waals surface area contributed by atoms with Gasteiger partial charge in [0.1, 0.15) is 11.4 Å². The van der Waals surface area contributed by atoms with Gasteiger partial charge in [0.15, 0.2) is 0 Å². The Labute approximate surface area is 177 Å². The van der Waals surface area contributed by atoms with Gasteiger partial charge >= 0.3 is 12.1 Å². The number of carbonyl (C=O) groups is 2. The molecular formula is C24H30FNO4. The Hall–Kier alpha value is -2.89. The van der Waals surface area contributed by atoms with Crippen molar-refractivity contribution in [2.45, 2.75) is 66.5 Å². The molecule has 0 bridgehead atoms. The van der Waals surface area contributed by atoms with Crippen LogP contribution in [-0.4, -0.2) is 22.8 Å². The van der Waals surface area contributed by atoms with Gasteiger partial charge in [-0.25, -0.2) is 9.18 Å². The van der Waals surface area contributed by atoms with Crippen molar-refractivity contribution in [3.05, 3.63) is 57.9 Å². The number of benzene rings is 2. The molecule has 0 aliphatic heterocycles. The number of carboxylic acid groups (broad SMARTS) is 1. The highest BCUT2D eigenvalue weighted by Crippen LogP contribution is 2.36. The number of carboxylic acids is 1. The third-order valence-electron chi connectivity index (χ3n) is 4.85. The van der Waals surface area contributed by atoms with Gasteiger partial charge in [-0.2, -0.15) is 0 Å². The molecule has 2 N–H and O–H groups in total. The molecule has 2 aromatic carbocycles. The molecule has 0 aliphatic carbocycles. The molecule has 0 aliphatic rings. The molecule has 0 radical (unpaired) electrons. The number of aryl methyl sites for hydroxylation is 3. The maximum absolute atomic E-state index is 15.2. The van der Waals surface area contributed by atoms with Crippen LogP contribution in [0.25, 0.3) is 11.1 Å². The molecule has 0 fully saturated rings. The van der Waals surface area contributed by atoms with E-state index in [-0.39, 0.29) is 5.56 Å². The predicted molar refractivity (Wildman–Crippen MR) is 115 cm³/mol. The summed E-state index contributed by atoms with van der Waals surface area (Å²) >= 11 is 0. The lowest BCUT2D eigenvalue weighted by atomic mass is 9.87. The van der Waals surface area contributed by atoms with Crippen LogP contribution in [0.4, 0.5) is 9.18 Å². The van der Waals surface area contributed by atoms with E-state index in [2.05, 4.69) is 5.32 Å². The molecule has 0 aromatic heterocycles. The molecule has 1 amide bonds. The fourth-order valence-electron chi connectivity index (χ4n) is 3.48. The summed E-state index contributed by atoms with van der Waals surface area (Å²) in [6.07, 6.45) is -1.26. The number of nitrogens with one attached hydrogen (secondary N) is 1. The van der Waals surface area contributed by atoms with E-state index in [1.54, 1.807) is 40.7 Å². The van der Waals surface area contributed by atoms with Crippen LogP contribution in [0.3, 0.4) is 0 Å². The Morgan fingerprint density at radius 3 is 2.27 bits per heavy atom. The largest absolute Gasteiger partial charge is 0.481 e. The average molecular weight is 416 g/mol. The molecule has 30 heavy (non-hydrogen) atoms. The quantitative estimate of drug-likeness (QED) is 0.650. The molecule has 6 heteroatoms. The SMILES string of the molecule is Cc1ccc(C)c(-c2cc(C)c(F)c(C(CC(=O)O)NC(=O)OC(C)(C)C)c2C)c1. The number of amides is 1. The van der Waals surface area contributed by atoms with Gasteiger partial charge in [0.25, 0.3) is 0 Å². The van der Waals surface area contributed by atoms with Crippen molar-refractivity contribution in [2.75, 3.05) is 0 Å². The minimum atomic E-state index is -1.15. The lowest BCUT2D eigenvalue weighted by molar-refractivity contribution is -0.137. The monoisotopic (exact) mass is 415 g/mol. The standard InChI is InChI=1S/C24H30FNO4/c1-13-8-9-14(2)17(10-13)18-11-15(3)22(25)21(16(18)4)19(12-20(27)28)26-23(29)30-24(5,6)7/h8-11,19H,12H2,1-7H3,(H,26,29)(H,27,28). The molecule has 0 saturated carbocycles. The van der Waals surface area contributed by atoms with E-state index in [4.69, 9.17) is 4.74 Å². The summed E-state index contributed by atoms with van der Waals surface area (Å²) in [6.45, 7) is 12.5. The van der Waals surface area contributed by atoms with Gasteiger partial charge in [0.05, 0.1) is 12.5 Å². The van der Waals surface area contributed by atoms with Crippen molar-refractivity contribution < 1.29 is 23.8 Å². The van der Waals surface area contributed by atoms with Gasteiger partial charge in [-0.05, 0) is 82.3 Å². The minimum absolute atomic E-state index is 0.166. The van der Waals surface area contributed by atoms with Crippen LogP contribution in [-0.2, 0) is 9.53 Å². The molecule has 0 saturated heterocycles. The summed E-state index contributed by atoms with van der Waals surface area (Å²) in [5.41, 5.74) is 4.22.